The summed E-state index contributed by atoms with van der Waals surface area (Å²) in [6.07, 6.45) is 1.02. The van der Waals surface area contributed by atoms with E-state index in [0.717, 1.165) is 24.4 Å². The molecule has 4 nitrogen and oxygen atoms in total. The highest BCUT2D eigenvalue weighted by molar-refractivity contribution is 5.36. The van der Waals surface area contributed by atoms with Crippen LogP contribution in [0.5, 0.6) is 5.75 Å². The summed E-state index contributed by atoms with van der Waals surface area (Å²) in [6.45, 7) is 9.55. The van der Waals surface area contributed by atoms with Crippen LogP contribution >= 0.6 is 0 Å². The molecule has 1 aliphatic rings. The number of aryl methyl sites for hydroxylation is 1. The van der Waals surface area contributed by atoms with Crippen LogP contribution in [0.2, 0.25) is 0 Å². The average Bonchev–Trinajstić information content (AvgIpc) is 2.56. The van der Waals surface area contributed by atoms with Crippen LogP contribution in [0.25, 0.3) is 0 Å². The molecule has 0 aromatic carbocycles. The zero-order chi connectivity index (χ0) is 11.9. The monoisotopic (exact) mass is 223 g/mol. The van der Waals surface area contributed by atoms with Crippen molar-refractivity contribution >= 4 is 0 Å². The minimum atomic E-state index is 0.405. The molecule has 0 radical (unpaired) electrons. The summed E-state index contributed by atoms with van der Waals surface area (Å²) >= 11 is 0. The predicted molar refractivity (Wildman–Crippen MR) is 63.5 cm³/mol. The highest BCUT2D eigenvalue weighted by Crippen LogP contribution is 2.33. The van der Waals surface area contributed by atoms with Crippen molar-refractivity contribution in [3.05, 3.63) is 11.4 Å². The smallest absolute Gasteiger partial charge is 0.192 e. The lowest BCUT2D eigenvalue weighted by Gasteiger charge is -2.30. The minimum Gasteiger partial charge on any atom is -0.402 e. The largest absolute Gasteiger partial charge is 0.402 e. The molecule has 1 aromatic rings. The maximum absolute atomic E-state index is 5.96. The van der Waals surface area contributed by atoms with Crippen LogP contribution in [0.15, 0.2) is 0 Å². The Bertz CT molecular complexity index is 382. The average molecular weight is 223 g/mol. The molecule has 0 atom stereocenters. The number of fused-ring (bicyclic) bond motifs is 1. The third-order valence-corrected chi connectivity index (χ3v) is 3.04. The van der Waals surface area contributed by atoms with E-state index in [1.54, 1.807) is 0 Å². The molecule has 0 bridgehead atoms. The van der Waals surface area contributed by atoms with E-state index in [-0.39, 0.29) is 0 Å². The summed E-state index contributed by atoms with van der Waals surface area (Å²) in [7, 11) is 2.00. The van der Waals surface area contributed by atoms with Gasteiger partial charge in [-0.15, -0.1) is 5.06 Å². The number of nitrogens with zero attached hydrogens (tertiary/aromatic N) is 3. The van der Waals surface area contributed by atoms with E-state index in [4.69, 9.17) is 4.84 Å². The molecular weight excluding hydrogens is 202 g/mol. The highest BCUT2D eigenvalue weighted by Gasteiger charge is 2.28. The van der Waals surface area contributed by atoms with Gasteiger partial charge >= 0.3 is 0 Å². The van der Waals surface area contributed by atoms with Gasteiger partial charge in [0.1, 0.15) is 5.69 Å². The van der Waals surface area contributed by atoms with E-state index in [1.807, 2.05) is 16.8 Å². The second kappa shape index (κ2) is 4.09. The Morgan fingerprint density at radius 3 is 2.50 bits per heavy atom. The quantitative estimate of drug-likeness (QED) is 0.769. The first-order valence-electron chi connectivity index (χ1n) is 6.01. The Hall–Kier alpha value is -1.03. The van der Waals surface area contributed by atoms with Crippen LogP contribution in [0.4, 0.5) is 0 Å². The van der Waals surface area contributed by atoms with E-state index >= 15 is 0 Å². The Labute approximate surface area is 97.1 Å². The fourth-order valence-electron chi connectivity index (χ4n) is 2.06. The van der Waals surface area contributed by atoms with E-state index in [2.05, 4.69) is 32.8 Å². The molecule has 1 aliphatic heterocycles. The van der Waals surface area contributed by atoms with Gasteiger partial charge in [0.05, 0.1) is 5.69 Å². The lowest BCUT2D eigenvalue weighted by molar-refractivity contribution is -0.0956. The molecule has 90 valence electrons. The van der Waals surface area contributed by atoms with Crippen LogP contribution < -0.4 is 4.84 Å². The second-order valence-electron chi connectivity index (χ2n) is 5.02. The third kappa shape index (κ3) is 1.82. The third-order valence-electron chi connectivity index (χ3n) is 3.04. The molecule has 0 fully saturated rings. The molecule has 0 saturated carbocycles. The van der Waals surface area contributed by atoms with E-state index in [9.17, 15) is 0 Å². The van der Waals surface area contributed by atoms with Gasteiger partial charge in [-0.05, 0) is 13.8 Å². The fraction of sp³-hybridized carbons (Fsp3) is 0.750. The van der Waals surface area contributed by atoms with Gasteiger partial charge in [0.15, 0.2) is 5.75 Å². The van der Waals surface area contributed by atoms with Crippen molar-refractivity contribution in [2.24, 2.45) is 7.05 Å². The molecule has 16 heavy (non-hydrogen) atoms. The SMILES string of the molecule is CC(C)c1nn(C)c2c1ON(C(C)C)CC2. The van der Waals surface area contributed by atoms with E-state index in [0.29, 0.717) is 12.0 Å². The molecule has 0 aliphatic carbocycles. The summed E-state index contributed by atoms with van der Waals surface area (Å²) in [5, 5.41) is 6.59. The maximum atomic E-state index is 5.96. The second-order valence-corrected chi connectivity index (χ2v) is 5.02. The number of rotatable bonds is 2. The molecule has 0 amide bonds. The molecule has 0 N–H and O–H groups in total. The number of hydroxylamine groups is 2. The van der Waals surface area contributed by atoms with Crippen molar-refractivity contribution in [1.29, 1.82) is 0 Å². The summed E-state index contributed by atoms with van der Waals surface area (Å²) in [6, 6.07) is 0.411. The standard InChI is InChI=1S/C12H21N3O/c1-8(2)11-12-10(14(5)13-11)6-7-15(16-12)9(3)4/h8-9H,6-7H2,1-5H3. The van der Waals surface area contributed by atoms with Crippen molar-refractivity contribution in [2.75, 3.05) is 6.54 Å². The van der Waals surface area contributed by atoms with Crippen molar-refractivity contribution < 1.29 is 4.84 Å². The lowest BCUT2D eigenvalue weighted by atomic mass is 10.1. The molecule has 4 heteroatoms. The van der Waals surface area contributed by atoms with Crippen LogP contribution in [0.1, 0.15) is 45.0 Å². The van der Waals surface area contributed by atoms with Gasteiger partial charge < -0.3 is 4.84 Å². The lowest BCUT2D eigenvalue weighted by Crippen LogP contribution is -2.39. The number of aromatic nitrogens is 2. The first-order chi connectivity index (χ1) is 7.50. The Morgan fingerprint density at radius 1 is 1.25 bits per heavy atom. The molecule has 0 saturated heterocycles. The summed E-state index contributed by atoms with van der Waals surface area (Å²) in [4.78, 5) is 5.96. The normalized spacial score (nSPS) is 16.7. The van der Waals surface area contributed by atoms with E-state index in [1.165, 1.54) is 5.69 Å². The summed E-state index contributed by atoms with van der Waals surface area (Å²) in [5.41, 5.74) is 2.29. The van der Waals surface area contributed by atoms with Crippen molar-refractivity contribution in [2.45, 2.75) is 46.1 Å². The number of hydrogen-bond acceptors (Lipinski definition) is 3. The Kier molecular flexibility index (Phi) is 2.93. The van der Waals surface area contributed by atoms with Gasteiger partial charge in [-0.3, -0.25) is 4.68 Å². The molecule has 2 rings (SSSR count). The molecule has 2 heterocycles. The van der Waals surface area contributed by atoms with Crippen molar-refractivity contribution in [1.82, 2.24) is 14.8 Å². The van der Waals surface area contributed by atoms with Gasteiger partial charge in [-0.2, -0.15) is 5.10 Å². The van der Waals surface area contributed by atoms with Crippen LogP contribution in [0.3, 0.4) is 0 Å². The van der Waals surface area contributed by atoms with E-state index < -0.39 is 0 Å². The van der Waals surface area contributed by atoms with Gasteiger partial charge in [0.25, 0.3) is 0 Å². The Balaban J connectivity index is 2.35. The highest BCUT2D eigenvalue weighted by atomic mass is 16.7. The first kappa shape index (κ1) is 11.5. The van der Waals surface area contributed by atoms with Gasteiger partial charge in [-0.25, -0.2) is 0 Å². The first-order valence-corrected chi connectivity index (χ1v) is 6.01. The van der Waals surface area contributed by atoms with Crippen molar-refractivity contribution in [3.63, 3.8) is 0 Å². The van der Waals surface area contributed by atoms with Gasteiger partial charge in [-0.1, -0.05) is 13.8 Å². The molecule has 0 spiro atoms. The summed E-state index contributed by atoms with van der Waals surface area (Å²) in [5.74, 6) is 1.39. The van der Waals surface area contributed by atoms with Crippen LogP contribution in [0, 0.1) is 0 Å². The molecular formula is C12H21N3O. The topological polar surface area (TPSA) is 30.3 Å². The van der Waals surface area contributed by atoms with Crippen LogP contribution in [-0.2, 0) is 13.5 Å². The van der Waals surface area contributed by atoms with Crippen LogP contribution in [-0.4, -0.2) is 27.4 Å². The van der Waals surface area contributed by atoms with Crippen molar-refractivity contribution in [3.8, 4) is 5.75 Å². The van der Waals surface area contributed by atoms with Gasteiger partial charge in [0.2, 0.25) is 0 Å². The zero-order valence-corrected chi connectivity index (χ0v) is 10.8. The summed E-state index contributed by atoms with van der Waals surface area (Å²) < 4.78 is 1.96. The minimum absolute atomic E-state index is 0.405. The Morgan fingerprint density at radius 2 is 1.94 bits per heavy atom. The number of hydrogen-bond donors (Lipinski definition) is 0. The molecule has 1 aromatic heterocycles. The zero-order valence-electron chi connectivity index (χ0n) is 10.8. The van der Waals surface area contributed by atoms with Gasteiger partial charge in [0, 0.05) is 32.0 Å². The molecule has 0 unspecified atom stereocenters. The fourth-order valence-corrected chi connectivity index (χ4v) is 2.06. The maximum Gasteiger partial charge on any atom is 0.192 e. The predicted octanol–water partition coefficient (Wildman–Crippen LogP) is 2.10.